The molecule has 27 heavy (non-hydrogen) atoms. The number of rotatable bonds is 12. The zero-order chi connectivity index (χ0) is 20.3. The third kappa shape index (κ3) is 9.07. The van der Waals surface area contributed by atoms with Gasteiger partial charge in [-0.1, -0.05) is 63.3 Å². The maximum Gasteiger partial charge on any atom is 0.366 e. The molecule has 4 nitrogen and oxygen atoms in total. The first-order chi connectivity index (χ1) is 12.8. The summed E-state index contributed by atoms with van der Waals surface area (Å²) in [5.41, 5.74) is 1.26. The van der Waals surface area contributed by atoms with Gasteiger partial charge in [0.2, 0.25) is 0 Å². The molecule has 0 aliphatic heterocycles. The first-order valence-corrected chi connectivity index (χ1v) is 10.7. The van der Waals surface area contributed by atoms with Crippen molar-refractivity contribution in [2.75, 3.05) is 7.11 Å². The fourth-order valence-electron chi connectivity index (χ4n) is 4.01. The highest BCUT2D eigenvalue weighted by atomic mass is 16.6. The van der Waals surface area contributed by atoms with Crippen molar-refractivity contribution in [2.24, 2.45) is 17.8 Å². The van der Waals surface area contributed by atoms with E-state index < -0.39 is 11.8 Å². The molecule has 4 heteroatoms. The van der Waals surface area contributed by atoms with E-state index in [0.717, 1.165) is 19.4 Å². The Hall–Kier alpha value is -1.13. The molecule has 0 spiro atoms. The molecule has 0 heterocycles. The molecule has 2 N–H and O–H groups in total. The number of allylic oxidation sites excluding steroid dienone is 4. The molecule has 0 aromatic rings. The number of esters is 1. The summed E-state index contributed by atoms with van der Waals surface area (Å²) in [7, 11) is 1.16. The van der Waals surface area contributed by atoms with Crippen LogP contribution in [0.5, 0.6) is 0 Å². The van der Waals surface area contributed by atoms with Crippen LogP contribution in [0.15, 0.2) is 23.8 Å². The Labute approximate surface area is 165 Å². The van der Waals surface area contributed by atoms with Crippen molar-refractivity contribution in [3.05, 3.63) is 23.8 Å². The Morgan fingerprint density at radius 1 is 1.33 bits per heavy atom. The van der Waals surface area contributed by atoms with Crippen LogP contribution in [0, 0.1) is 17.8 Å². The van der Waals surface area contributed by atoms with E-state index in [0.29, 0.717) is 18.3 Å². The minimum atomic E-state index is -2.39. The SMILES string of the molecule is CCCCC(C)CC=C[C@H]1CCC[C@@H]1CC(C)=CCCC(O)(O)C(=O)OC. The number of aliphatic hydroxyl groups is 2. The van der Waals surface area contributed by atoms with E-state index in [2.05, 4.69) is 37.7 Å². The summed E-state index contributed by atoms with van der Waals surface area (Å²) >= 11 is 0. The molecule has 1 aliphatic carbocycles. The standard InChI is InChI=1S/C23H40O4/c1-5-6-10-18(2)11-7-13-20-14-8-15-21(20)17-19(3)12-9-16-23(25,26)22(24)27-4/h7,12-13,18,20-21,25-26H,5-6,8-11,14-17H2,1-4H3/t18?,20-,21+/m0/s1. The molecule has 0 saturated heterocycles. The van der Waals surface area contributed by atoms with Crippen LogP contribution >= 0.6 is 0 Å². The van der Waals surface area contributed by atoms with Gasteiger partial charge in [0.05, 0.1) is 7.11 Å². The quantitative estimate of drug-likeness (QED) is 0.279. The number of carbonyl (C=O) groups is 1. The first kappa shape index (κ1) is 23.9. The average molecular weight is 381 g/mol. The largest absolute Gasteiger partial charge is 0.465 e. The maximum atomic E-state index is 11.3. The molecule has 1 fully saturated rings. The van der Waals surface area contributed by atoms with Gasteiger partial charge in [0.15, 0.2) is 0 Å². The summed E-state index contributed by atoms with van der Waals surface area (Å²) in [6.45, 7) is 6.69. The number of ether oxygens (including phenoxy) is 1. The molecule has 0 bridgehead atoms. The lowest BCUT2D eigenvalue weighted by molar-refractivity contribution is -0.208. The summed E-state index contributed by atoms with van der Waals surface area (Å²) in [5, 5.41) is 19.3. The lowest BCUT2D eigenvalue weighted by Crippen LogP contribution is -2.39. The van der Waals surface area contributed by atoms with Gasteiger partial charge in [-0.25, -0.2) is 4.79 Å². The molecule has 3 atom stereocenters. The lowest BCUT2D eigenvalue weighted by Gasteiger charge is -2.19. The Morgan fingerprint density at radius 3 is 2.74 bits per heavy atom. The van der Waals surface area contributed by atoms with E-state index in [4.69, 9.17) is 0 Å². The number of carbonyl (C=O) groups excluding carboxylic acids is 1. The first-order valence-electron chi connectivity index (χ1n) is 10.7. The smallest absolute Gasteiger partial charge is 0.366 e. The van der Waals surface area contributed by atoms with Gasteiger partial charge in [-0.05, 0) is 56.8 Å². The van der Waals surface area contributed by atoms with Crippen LogP contribution in [-0.2, 0) is 9.53 Å². The van der Waals surface area contributed by atoms with Gasteiger partial charge >= 0.3 is 5.97 Å². The summed E-state index contributed by atoms with van der Waals surface area (Å²) in [6.07, 6.45) is 17.2. The Bertz CT molecular complexity index is 493. The molecule has 1 rings (SSSR count). The van der Waals surface area contributed by atoms with E-state index in [1.807, 2.05) is 6.08 Å². The summed E-state index contributed by atoms with van der Waals surface area (Å²) < 4.78 is 4.40. The van der Waals surface area contributed by atoms with Crippen LogP contribution in [0.1, 0.15) is 85.0 Å². The topological polar surface area (TPSA) is 66.8 Å². The second-order valence-electron chi connectivity index (χ2n) is 8.37. The molecule has 1 saturated carbocycles. The van der Waals surface area contributed by atoms with E-state index in [1.165, 1.54) is 50.5 Å². The highest BCUT2D eigenvalue weighted by Gasteiger charge is 2.33. The van der Waals surface area contributed by atoms with E-state index in [1.54, 1.807) is 0 Å². The second-order valence-corrected chi connectivity index (χ2v) is 8.37. The molecule has 1 aliphatic rings. The van der Waals surface area contributed by atoms with E-state index in [-0.39, 0.29) is 6.42 Å². The predicted octanol–water partition coefficient (Wildman–Crippen LogP) is 5.15. The van der Waals surface area contributed by atoms with Crippen molar-refractivity contribution in [3.8, 4) is 0 Å². The van der Waals surface area contributed by atoms with Crippen molar-refractivity contribution in [3.63, 3.8) is 0 Å². The van der Waals surface area contributed by atoms with E-state index in [9.17, 15) is 15.0 Å². The van der Waals surface area contributed by atoms with E-state index >= 15 is 0 Å². The van der Waals surface area contributed by atoms with Gasteiger partial charge in [0, 0.05) is 6.42 Å². The monoisotopic (exact) mass is 380 g/mol. The summed E-state index contributed by atoms with van der Waals surface area (Å²) in [5.74, 6) is -1.27. The molecule has 0 aromatic carbocycles. The normalized spacial score (nSPS) is 22.4. The molecule has 0 amide bonds. The second kappa shape index (κ2) is 12.4. The van der Waals surface area contributed by atoms with Gasteiger partial charge < -0.3 is 14.9 Å². The predicted molar refractivity (Wildman–Crippen MR) is 110 cm³/mol. The zero-order valence-electron chi connectivity index (χ0n) is 17.7. The molecule has 0 aromatic heterocycles. The van der Waals surface area contributed by atoms with Crippen molar-refractivity contribution >= 4 is 5.97 Å². The van der Waals surface area contributed by atoms with Crippen LogP contribution in [0.25, 0.3) is 0 Å². The minimum absolute atomic E-state index is 0.0410. The van der Waals surface area contributed by atoms with Crippen LogP contribution in [0.4, 0.5) is 0 Å². The molecule has 0 radical (unpaired) electrons. The zero-order valence-corrected chi connectivity index (χ0v) is 17.7. The van der Waals surface area contributed by atoms with Crippen molar-refractivity contribution in [1.82, 2.24) is 0 Å². The van der Waals surface area contributed by atoms with Crippen molar-refractivity contribution in [1.29, 1.82) is 0 Å². The number of hydrogen-bond donors (Lipinski definition) is 2. The van der Waals surface area contributed by atoms with Gasteiger partial charge in [0.25, 0.3) is 5.79 Å². The minimum Gasteiger partial charge on any atom is -0.465 e. The number of methoxy groups -OCH3 is 1. The highest BCUT2D eigenvalue weighted by molar-refractivity contribution is 5.76. The third-order valence-electron chi connectivity index (χ3n) is 5.77. The average Bonchev–Trinajstić information content (AvgIpc) is 3.05. The Morgan fingerprint density at radius 2 is 2.07 bits per heavy atom. The van der Waals surface area contributed by atoms with Crippen molar-refractivity contribution in [2.45, 2.75) is 90.8 Å². The van der Waals surface area contributed by atoms with Gasteiger partial charge in [-0.2, -0.15) is 0 Å². The Kier molecular flexibility index (Phi) is 10.9. The molecular formula is C23H40O4. The third-order valence-corrected chi connectivity index (χ3v) is 5.77. The van der Waals surface area contributed by atoms with Crippen LogP contribution in [0.3, 0.4) is 0 Å². The van der Waals surface area contributed by atoms with Gasteiger partial charge in [-0.3, -0.25) is 0 Å². The highest BCUT2D eigenvalue weighted by Crippen LogP contribution is 2.37. The fourth-order valence-corrected chi connectivity index (χ4v) is 4.01. The van der Waals surface area contributed by atoms with Crippen LogP contribution < -0.4 is 0 Å². The molecule has 156 valence electrons. The number of hydrogen-bond acceptors (Lipinski definition) is 4. The summed E-state index contributed by atoms with van der Waals surface area (Å²) in [4.78, 5) is 11.3. The fraction of sp³-hybridized carbons (Fsp3) is 0.783. The maximum absolute atomic E-state index is 11.3. The number of unbranched alkanes of at least 4 members (excludes halogenated alkanes) is 1. The molecular weight excluding hydrogens is 340 g/mol. The van der Waals surface area contributed by atoms with Crippen molar-refractivity contribution < 1.29 is 19.7 Å². The van der Waals surface area contributed by atoms with Crippen LogP contribution in [-0.4, -0.2) is 29.1 Å². The molecule has 1 unspecified atom stereocenters. The summed E-state index contributed by atoms with van der Waals surface area (Å²) in [6, 6.07) is 0. The van der Waals surface area contributed by atoms with Gasteiger partial charge in [0.1, 0.15) is 0 Å². The van der Waals surface area contributed by atoms with Crippen LogP contribution in [0.2, 0.25) is 0 Å². The lowest BCUT2D eigenvalue weighted by atomic mass is 9.88. The Balaban J connectivity index is 2.43. The van der Waals surface area contributed by atoms with Gasteiger partial charge in [-0.15, -0.1) is 0 Å².